The third-order valence-electron chi connectivity index (χ3n) is 2.93. The molecule has 0 radical (unpaired) electrons. The van der Waals surface area contributed by atoms with Gasteiger partial charge in [0.2, 0.25) is 0 Å². The van der Waals surface area contributed by atoms with E-state index in [0.29, 0.717) is 34.2 Å². The summed E-state index contributed by atoms with van der Waals surface area (Å²) >= 11 is 6.14. The van der Waals surface area contributed by atoms with Crippen molar-refractivity contribution in [1.82, 2.24) is 5.16 Å². The van der Waals surface area contributed by atoms with Crippen molar-refractivity contribution < 1.29 is 14.1 Å². The zero-order valence-corrected chi connectivity index (χ0v) is 12.2. The molecule has 2 rings (SSSR count). The molecule has 0 atom stereocenters. The van der Waals surface area contributed by atoms with Crippen molar-refractivity contribution in [2.24, 2.45) is 0 Å². The van der Waals surface area contributed by atoms with Crippen molar-refractivity contribution in [2.75, 3.05) is 6.61 Å². The van der Waals surface area contributed by atoms with Crippen LogP contribution in [0.2, 0.25) is 5.02 Å². The van der Waals surface area contributed by atoms with Gasteiger partial charge in [0.05, 0.1) is 11.6 Å². The first kappa shape index (κ1) is 14.6. The molecule has 0 spiro atoms. The third kappa shape index (κ3) is 3.02. The lowest BCUT2D eigenvalue weighted by atomic mass is 10.1. The van der Waals surface area contributed by atoms with Crippen LogP contribution in [0.4, 0.5) is 0 Å². The highest BCUT2D eigenvalue weighted by atomic mass is 35.5. The number of benzene rings is 1. The molecule has 0 amide bonds. The Morgan fingerprint density at radius 2 is 2.15 bits per heavy atom. The lowest BCUT2D eigenvalue weighted by Gasteiger charge is -2.05. The summed E-state index contributed by atoms with van der Waals surface area (Å²) in [6.07, 6.45) is 1.80. The highest BCUT2D eigenvalue weighted by molar-refractivity contribution is 6.33. The Labute approximate surface area is 122 Å². The van der Waals surface area contributed by atoms with Crippen molar-refractivity contribution in [1.29, 1.82) is 0 Å². The molecule has 0 saturated heterocycles. The molecule has 0 aliphatic rings. The van der Waals surface area contributed by atoms with E-state index in [1.54, 1.807) is 19.1 Å². The predicted octanol–water partition coefficient (Wildman–Crippen LogP) is 4.26. The second kappa shape index (κ2) is 6.57. The average Bonchev–Trinajstić information content (AvgIpc) is 2.81. The average molecular weight is 294 g/mol. The molecule has 1 aromatic carbocycles. The molecule has 4 nitrogen and oxygen atoms in total. The van der Waals surface area contributed by atoms with Gasteiger partial charge in [-0.2, -0.15) is 0 Å². The lowest BCUT2D eigenvalue weighted by Crippen LogP contribution is -2.08. The number of ether oxygens (including phenoxy) is 1. The van der Waals surface area contributed by atoms with E-state index in [1.165, 1.54) is 0 Å². The van der Waals surface area contributed by atoms with Crippen LogP contribution in [0.15, 0.2) is 28.8 Å². The van der Waals surface area contributed by atoms with E-state index in [0.717, 1.165) is 12.8 Å². The monoisotopic (exact) mass is 293 g/mol. The fourth-order valence-electron chi connectivity index (χ4n) is 1.83. The number of hydrogen-bond acceptors (Lipinski definition) is 4. The van der Waals surface area contributed by atoms with Crippen molar-refractivity contribution >= 4 is 17.6 Å². The van der Waals surface area contributed by atoms with Crippen molar-refractivity contribution in [3.05, 3.63) is 40.6 Å². The second-order valence-corrected chi connectivity index (χ2v) is 4.84. The first-order chi connectivity index (χ1) is 9.65. The van der Waals surface area contributed by atoms with Crippen LogP contribution in [-0.4, -0.2) is 17.7 Å². The van der Waals surface area contributed by atoms with Gasteiger partial charge in [0, 0.05) is 5.56 Å². The Morgan fingerprint density at radius 1 is 1.40 bits per heavy atom. The molecule has 0 bridgehead atoms. The van der Waals surface area contributed by atoms with E-state index in [2.05, 4.69) is 5.16 Å². The van der Waals surface area contributed by atoms with Gasteiger partial charge in [0.25, 0.3) is 0 Å². The highest BCUT2D eigenvalue weighted by Gasteiger charge is 2.23. The minimum Gasteiger partial charge on any atom is -0.462 e. The first-order valence-corrected chi connectivity index (χ1v) is 6.91. The van der Waals surface area contributed by atoms with Crippen LogP contribution in [0.1, 0.15) is 35.9 Å². The zero-order valence-electron chi connectivity index (χ0n) is 11.5. The normalized spacial score (nSPS) is 10.6. The predicted molar refractivity (Wildman–Crippen MR) is 76.9 cm³/mol. The number of hydrogen-bond donors (Lipinski definition) is 0. The van der Waals surface area contributed by atoms with E-state index >= 15 is 0 Å². The van der Waals surface area contributed by atoms with Crippen LogP contribution in [0.25, 0.3) is 11.3 Å². The smallest absolute Gasteiger partial charge is 0.344 e. The summed E-state index contributed by atoms with van der Waals surface area (Å²) in [5.41, 5.74) is 1.43. The third-order valence-corrected chi connectivity index (χ3v) is 3.26. The van der Waals surface area contributed by atoms with Gasteiger partial charge in [-0.15, -0.1) is 0 Å². The number of aromatic nitrogens is 1. The molecule has 0 fully saturated rings. The van der Waals surface area contributed by atoms with Crippen LogP contribution in [0.3, 0.4) is 0 Å². The maximum atomic E-state index is 12.1. The molecular formula is C15H16ClNO3. The Hall–Kier alpha value is -1.81. The van der Waals surface area contributed by atoms with Gasteiger partial charge in [-0.25, -0.2) is 4.79 Å². The minimum absolute atomic E-state index is 0.342. The van der Waals surface area contributed by atoms with Gasteiger partial charge >= 0.3 is 5.97 Å². The van der Waals surface area contributed by atoms with Crippen LogP contribution in [0.5, 0.6) is 0 Å². The topological polar surface area (TPSA) is 52.3 Å². The minimum atomic E-state index is -0.424. The van der Waals surface area contributed by atoms with Gasteiger partial charge < -0.3 is 9.26 Å². The Morgan fingerprint density at radius 3 is 2.85 bits per heavy atom. The maximum Gasteiger partial charge on any atom is 0.344 e. The van der Waals surface area contributed by atoms with Crippen LogP contribution in [-0.2, 0) is 4.74 Å². The van der Waals surface area contributed by atoms with Crippen LogP contribution >= 0.6 is 11.6 Å². The lowest BCUT2D eigenvalue weighted by molar-refractivity contribution is 0.0498. The number of halogens is 1. The van der Waals surface area contributed by atoms with Crippen molar-refractivity contribution in [3.63, 3.8) is 0 Å². The number of carbonyl (C=O) groups is 1. The molecule has 0 aliphatic heterocycles. The molecule has 1 aromatic heterocycles. The summed E-state index contributed by atoms with van der Waals surface area (Å²) in [4.78, 5) is 12.1. The van der Waals surface area contributed by atoms with E-state index in [1.807, 2.05) is 19.1 Å². The summed E-state index contributed by atoms with van der Waals surface area (Å²) in [6, 6.07) is 7.19. The van der Waals surface area contributed by atoms with Gasteiger partial charge in [-0.1, -0.05) is 48.3 Å². The molecule has 0 N–H and O–H groups in total. The number of rotatable bonds is 5. The SMILES string of the molecule is CCCCOC(=O)c1c(-c2ccccc2Cl)noc1C. The Balaban J connectivity index is 2.33. The summed E-state index contributed by atoms with van der Waals surface area (Å²) in [5.74, 6) is 0.00791. The molecule has 5 heteroatoms. The summed E-state index contributed by atoms with van der Waals surface area (Å²) in [6.45, 7) is 4.11. The number of esters is 1. The van der Waals surface area contributed by atoms with Crippen LogP contribution < -0.4 is 0 Å². The van der Waals surface area contributed by atoms with E-state index in [-0.39, 0.29) is 0 Å². The molecule has 0 aliphatic carbocycles. The Kier molecular flexibility index (Phi) is 4.79. The fraction of sp³-hybridized carbons (Fsp3) is 0.333. The molecule has 0 unspecified atom stereocenters. The summed E-state index contributed by atoms with van der Waals surface area (Å²) < 4.78 is 10.4. The molecule has 106 valence electrons. The summed E-state index contributed by atoms with van der Waals surface area (Å²) in [5, 5.41) is 4.45. The fourth-order valence-corrected chi connectivity index (χ4v) is 2.06. The van der Waals surface area contributed by atoms with Gasteiger partial charge in [0.15, 0.2) is 0 Å². The number of unbranched alkanes of at least 4 members (excludes halogenated alkanes) is 1. The molecule has 2 aromatic rings. The number of aryl methyl sites for hydroxylation is 1. The van der Waals surface area contributed by atoms with E-state index < -0.39 is 5.97 Å². The first-order valence-electron chi connectivity index (χ1n) is 6.53. The highest BCUT2D eigenvalue weighted by Crippen LogP contribution is 2.31. The van der Waals surface area contributed by atoms with Crippen molar-refractivity contribution in [2.45, 2.75) is 26.7 Å². The van der Waals surface area contributed by atoms with E-state index in [9.17, 15) is 4.79 Å². The Bertz CT molecular complexity index is 607. The standard InChI is InChI=1S/C15H16ClNO3/c1-3-4-9-19-15(18)13-10(2)20-17-14(13)11-7-5-6-8-12(11)16/h5-8H,3-4,9H2,1-2H3. The quantitative estimate of drug-likeness (QED) is 0.610. The maximum absolute atomic E-state index is 12.1. The summed E-state index contributed by atoms with van der Waals surface area (Å²) in [7, 11) is 0. The number of carbonyl (C=O) groups excluding carboxylic acids is 1. The van der Waals surface area contributed by atoms with E-state index in [4.69, 9.17) is 20.9 Å². The molecule has 0 saturated carbocycles. The van der Waals surface area contributed by atoms with Crippen LogP contribution in [0, 0.1) is 6.92 Å². The molecular weight excluding hydrogens is 278 g/mol. The van der Waals surface area contributed by atoms with Gasteiger partial charge in [0.1, 0.15) is 17.0 Å². The van der Waals surface area contributed by atoms with Gasteiger partial charge in [-0.05, 0) is 19.4 Å². The molecule has 20 heavy (non-hydrogen) atoms. The number of nitrogens with zero attached hydrogens (tertiary/aromatic N) is 1. The van der Waals surface area contributed by atoms with Gasteiger partial charge in [-0.3, -0.25) is 0 Å². The molecule has 1 heterocycles. The zero-order chi connectivity index (χ0) is 14.5. The second-order valence-electron chi connectivity index (χ2n) is 4.43. The van der Waals surface area contributed by atoms with Crippen molar-refractivity contribution in [3.8, 4) is 11.3 Å². The largest absolute Gasteiger partial charge is 0.462 e.